The van der Waals surface area contributed by atoms with Gasteiger partial charge in [0.1, 0.15) is 11.5 Å². The van der Waals surface area contributed by atoms with Gasteiger partial charge in [-0.2, -0.15) is 0 Å². The van der Waals surface area contributed by atoms with Crippen molar-refractivity contribution in [3.05, 3.63) is 78.4 Å². The number of pyridine rings is 1. The maximum atomic E-state index is 13.7. The first-order valence-electron chi connectivity index (χ1n) is 10.6. The number of aliphatic carboxylic acids is 1. The molecule has 8 heteroatoms. The van der Waals surface area contributed by atoms with Crippen LogP contribution in [-0.2, 0) is 4.79 Å². The fourth-order valence-corrected chi connectivity index (χ4v) is 4.06. The van der Waals surface area contributed by atoms with E-state index < -0.39 is 29.7 Å². The van der Waals surface area contributed by atoms with Crippen LogP contribution >= 0.6 is 0 Å². The van der Waals surface area contributed by atoms with Crippen LogP contribution in [0.4, 0.5) is 20.6 Å². The first-order valence-corrected chi connectivity index (χ1v) is 10.6. The van der Waals surface area contributed by atoms with E-state index in [1.54, 1.807) is 48.7 Å². The van der Waals surface area contributed by atoms with E-state index in [0.717, 1.165) is 17.5 Å². The predicted molar refractivity (Wildman–Crippen MR) is 122 cm³/mol. The normalized spacial score (nSPS) is 17.4. The number of hydrogen-bond donors (Lipinski definition) is 3. The zero-order chi connectivity index (χ0) is 23.4. The Morgan fingerprint density at radius 1 is 0.879 bits per heavy atom. The summed E-state index contributed by atoms with van der Waals surface area (Å²) in [6.07, 6.45) is 3.39. The van der Waals surface area contributed by atoms with Gasteiger partial charge in [0.05, 0.1) is 11.6 Å². The van der Waals surface area contributed by atoms with Crippen molar-refractivity contribution in [1.29, 1.82) is 0 Å². The van der Waals surface area contributed by atoms with Crippen molar-refractivity contribution >= 4 is 29.2 Å². The summed E-state index contributed by atoms with van der Waals surface area (Å²) in [5, 5.41) is 14.4. The Morgan fingerprint density at radius 3 is 2.24 bits per heavy atom. The van der Waals surface area contributed by atoms with Crippen molar-refractivity contribution in [2.45, 2.75) is 19.3 Å². The van der Waals surface area contributed by atoms with Gasteiger partial charge in [-0.25, -0.2) is 9.18 Å². The molecule has 3 N–H and O–H groups in total. The number of halogens is 1. The number of anilines is 2. The summed E-state index contributed by atoms with van der Waals surface area (Å²) in [6.45, 7) is 0. The average molecular weight is 447 g/mol. The molecule has 1 fully saturated rings. The lowest BCUT2D eigenvalue weighted by molar-refractivity contribution is -0.142. The average Bonchev–Trinajstić information content (AvgIpc) is 3.31. The Balaban J connectivity index is 1.40. The number of aromatic nitrogens is 1. The largest absolute Gasteiger partial charge is 0.481 e. The van der Waals surface area contributed by atoms with Gasteiger partial charge in [0, 0.05) is 23.4 Å². The van der Waals surface area contributed by atoms with Crippen LogP contribution in [0.2, 0.25) is 0 Å². The van der Waals surface area contributed by atoms with Gasteiger partial charge < -0.3 is 15.7 Å². The summed E-state index contributed by atoms with van der Waals surface area (Å²) < 4.78 is 13.7. The summed E-state index contributed by atoms with van der Waals surface area (Å²) in [6, 6.07) is 15.7. The summed E-state index contributed by atoms with van der Waals surface area (Å²) in [7, 11) is 0. The minimum absolute atomic E-state index is 0.0830. The number of para-hydroxylation sites is 1. The van der Waals surface area contributed by atoms with Crippen molar-refractivity contribution in [2.75, 3.05) is 10.6 Å². The molecule has 3 aromatic rings. The lowest BCUT2D eigenvalue weighted by Gasteiger charge is -2.14. The number of urea groups is 1. The molecule has 4 rings (SSSR count). The first kappa shape index (κ1) is 22.1. The van der Waals surface area contributed by atoms with Crippen LogP contribution < -0.4 is 10.6 Å². The maximum absolute atomic E-state index is 13.7. The highest BCUT2D eigenvalue weighted by molar-refractivity contribution is 6.00. The molecular formula is C25H22FN3O4. The van der Waals surface area contributed by atoms with Crippen molar-refractivity contribution < 1.29 is 23.9 Å². The molecule has 0 bridgehead atoms. The molecule has 168 valence electrons. The summed E-state index contributed by atoms with van der Waals surface area (Å²) in [4.78, 5) is 40.4. The number of amides is 2. The second-order valence-corrected chi connectivity index (χ2v) is 7.91. The van der Waals surface area contributed by atoms with E-state index in [2.05, 4.69) is 15.6 Å². The summed E-state index contributed by atoms with van der Waals surface area (Å²) >= 11 is 0. The number of carboxylic acid groups (broad SMARTS) is 1. The van der Waals surface area contributed by atoms with E-state index >= 15 is 0 Å². The molecule has 2 amide bonds. The number of benzene rings is 2. The van der Waals surface area contributed by atoms with Crippen molar-refractivity contribution in [1.82, 2.24) is 4.98 Å². The molecule has 1 aromatic heterocycles. The Kier molecular flexibility index (Phi) is 6.44. The van der Waals surface area contributed by atoms with E-state index in [1.165, 1.54) is 18.2 Å². The number of nitrogens with zero attached hydrogens (tertiary/aromatic N) is 1. The van der Waals surface area contributed by atoms with E-state index in [4.69, 9.17) is 0 Å². The molecule has 33 heavy (non-hydrogen) atoms. The molecule has 0 radical (unpaired) electrons. The summed E-state index contributed by atoms with van der Waals surface area (Å²) in [5.41, 5.74) is 2.47. The highest BCUT2D eigenvalue weighted by Crippen LogP contribution is 2.34. The zero-order valence-electron chi connectivity index (χ0n) is 17.6. The molecule has 2 atom stereocenters. The van der Waals surface area contributed by atoms with Gasteiger partial charge in [-0.1, -0.05) is 36.8 Å². The van der Waals surface area contributed by atoms with Crippen LogP contribution in [0.15, 0.2) is 66.9 Å². The molecule has 0 aliphatic heterocycles. The zero-order valence-corrected chi connectivity index (χ0v) is 17.6. The first-order chi connectivity index (χ1) is 15.9. The molecule has 1 heterocycles. The molecule has 2 unspecified atom stereocenters. The van der Waals surface area contributed by atoms with Gasteiger partial charge in [-0.15, -0.1) is 0 Å². The Morgan fingerprint density at radius 2 is 1.58 bits per heavy atom. The second-order valence-electron chi connectivity index (χ2n) is 7.91. The number of nitrogens with one attached hydrogen (secondary N) is 2. The van der Waals surface area contributed by atoms with Crippen LogP contribution in [-0.4, -0.2) is 27.9 Å². The number of Topliss-reactive ketones (excluding diaryl/α,β-unsaturated/α-hetero) is 1. The van der Waals surface area contributed by atoms with E-state index in [0.29, 0.717) is 18.5 Å². The molecule has 0 saturated heterocycles. The monoisotopic (exact) mass is 447 g/mol. The third kappa shape index (κ3) is 5.06. The van der Waals surface area contributed by atoms with Gasteiger partial charge in [-0.05, 0) is 48.7 Å². The van der Waals surface area contributed by atoms with Crippen LogP contribution in [0.5, 0.6) is 0 Å². The van der Waals surface area contributed by atoms with E-state index in [-0.39, 0.29) is 17.2 Å². The molecule has 1 saturated carbocycles. The Bertz CT molecular complexity index is 1180. The topological polar surface area (TPSA) is 108 Å². The van der Waals surface area contributed by atoms with Crippen LogP contribution in [0, 0.1) is 17.7 Å². The fourth-order valence-electron chi connectivity index (χ4n) is 4.06. The van der Waals surface area contributed by atoms with Gasteiger partial charge >= 0.3 is 12.0 Å². The minimum Gasteiger partial charge on any atom is -0.481 e. The number of hydrogen-bond acceptors (Lipinski definition) is 4. The second kappa shape index (κ2) is 9.60. The molecule has 1 aliphatic rings. The van der Waals surface area contributed by atoms with Crippen LogP contribution in [0.25, 0.3) is 11.1 Å². The number of ketones is 1. The fraction of sp³-hybridized carbons (Fsp3) is 0.200. The highest BCUT2D eigenvalue weighted by Gasteiger charge is 2.38. The van der Waals surface area contributed by atoms with Crippen molar-refractivity contribution in [3.8, 4) is 11.1 Å². The molecule has 0 spiro atoms. The number of rotatable bonds is 6. The maximum Gasteiger partial charge on any atom is 0.323 e. The van der Waals surface area contributed by atoms with Gasteiger partial charge in [0.15, 0.2) is 5.78 Å². The Hall–Kier alpha value is -4.07. The number of carbonyl (C=O) groups excluding carboxylic acids is 2. The standard InChI is InChI=1S/C25H22FN3O4/c26-20-6-1-2-7-21(20)29-25(33)28-17-11-8-15(9-12-17)16-10-13-22(27-14-16)23(30)18-4-3-5-19(18)24(31)32/h1-2,6-14,18-19H,3-5H2,(H,31,32)(H2,28,29,33). The number of carbonyl (C=O) groups is 3. The smallest absolute Gasteiger partial charge is 0.323 e. The van der Waals surface area contributed by atoms with Gasteiger partial charge in [0.2, 0.25) is 0 Å². The predicted octanol–water partition coefficient (Wildman–Crippen LogP) is 5.22. The molecule has 1 aliphatic carbocycles. The van der Waals surface area contributed by atoms with E-state index in [1.807, 2.05) is 0 Å². The number of carboxylic acids is 1. The van der Waals surface area contributed by atoms with Crippen molar-refractivity contribution in [3.63, 3.8) is 0 Å². The minimum atomic E-state index is -0.932. The van der Waals surface area contributed by atoms with Crippen molar-refractivity contribution in [2.24, 2.45) is 11.8 Å². The molecular weight excluding hydrogens is 425 g/mol. The quantitative estimate of drug-likeness (QED) is 0.449. The lowest BCUT2D eigenvalue weighted by atomic mass is 9.90. The third-order valence-corrected chi connectivity index (χ3v) is 5.78. The van der Waals surface area contributed by atoms with Gasteiger partial charge in [-0.3, -0.25) is 14.6 Å². The third-order valence-electron chi connectivity index (χ3n) is 5.78. The molecule has 2 aromatic carbocycles. The lowest BCUT2D eigenvalue weighted by Crippen LogP contribution is -2.25. The van der Waals surface area contributed by atoms with Crippen LogP contribution in [0.1, 0.15) is 29.8 Å². The molecule has 7 nitrogen and oxygen atoms in total. The SMILES string of the molecule is O=C(Nc1ccc(-c2ccc(C(=O)C3CCCC3C(=O)O)nc2)cc1)Nc1ccccc1F. The van der Waals surface area contributed by atoms with Crippen LogP contribution in [0.3, 0.4) is 0 Å². The van der Waals surface area contributed by atoms with E-state index in [9.17, 15) is 23.9 Å². The summed E-state index contributed by atoms with van der Waals surface area (Å²) in [5.74, 6) is -2.86. The van der Waals surface area contributed by atoms with Gasteiger partial charge in [0.25, 0.3) is 0 Å². The highest BCUT2D eigenvalue weighted by atomic mass is 19.1. The Labute approximate surface area is 189 Å².